The minimum atomic E-state index is -1.86. The van der Waals surface area contributed by atoms with Gasteiger partial charge in [-0.05, 0) is 53.1 Å². The second-order valence-corrected chi connectivity index (χ2v) is 15.7. The first-order valence-corrected chi connectivity index (χ1v) is 18.5. The Morgan fingerprint density at radius 2 is 1.02 bits per heavy atom. The molecule has 0 atom stereocenters. The lowest BCUT2D eigenvalue weighted by Gasteiger charge is -2.37. The smallest absolute Gasteiger partial charge is 0.183 e. The van der Waals surface area contributed by atoms with E-state index in [1.54, 1.807) is 7.11 Å². The van der Waals surface area contributed by atoms with Gasteiger partial charge in [0, 0.05) is 33.1 Å². The summed E-state index contributed by atoms with van der Waals surface area (Å²) in [5.41, 5.74) is 2.88. The molecule has 2 saturated heterocycles. The van der Waals surface area contributed by atoms with Gasteiger partial charge in [0.15, 0.2) is 12.6 Å². The van der Waals surface area contributed by atoms with Crippen LogP contribution >= 0.6 is 0 Å². The van der Waals surface area contributed by atoms with Gasteiger partial charge in [-0.25, -0.2) is 0 Å². The summed E-state index contributed by atoms with van der Waals surface area (Å²) in [4.78, 5) is 0. The van der Waals surface area contributed by atoms with Gasteiger partial charge in [0.1, 0.15) is 36.1 Å². The van der Waals surface area contributed by atoms with Crippen molar-refractivity contribution in [2.75, 3.05) is 33.5 Å². The van der Waals surface area contributed by atoms with E-state index in [0.29, 0.717) is 60.4 Å². The van der Waals surface area contributed by atoms with Crippen LogP contribution in [0.3, 0.4) is 0 Å². The quantitative estimate of drug-likeness (QED) is 0.127. The third-order valence-electron chi connectivity index (χ3n) is 9.79. The molecular weight excluding hydrogens is 680 g/mol. The maximum Gasteiger partial charge on any atom is 0.183 e. The maximum atomic E-state index is 13.8. The van der Waals surface area contributed by atoms with Crippen LogP contribution in [0.1, 0.15) is 79.2 Å². The van der Waals surface area contributed by atoms with Crippen molar-refractivity contribution < 1.29 is 38.3 Å². The van der Waals surface area contributed by atoms with Crippen LogP contribution in [0.5, 0.6) is 17.2 Å². The number of hydrogen-bond acceptors (Lipinski definition) is 8. The molecule has 1 N–H and O–H groups in total. The van der Waals surface area contributed by atoms with Gasteiger partial charge in [-0.2, -0.15) is 0 Å². The standard InChI is InChI=1S/C46H50O8/c1-44(2)28-51-42(52-29-44)34-19-21-40(49-26-32-13-8-6-9-14-32)38(23-34)46(47,36-17-12-18-37(25-36)48-5)39-24-35(43-53-30-45(3,4)31-54-43)20-22-41(39)50-27-33-15-10-7-11-16-33/h6-25,42-43,47H,26-31H2,1-5H3. The van der Waals surface area contributed by atoms with Crippen LogP contribution in [-0.4, -0.2) is 38.6 Å². The van der Waals surface area contributed by atoms with E-state index in [2.05, 4.69) is 27.7 Å². The number of hydrogen-bond donors (Lipinski definition) is 1. The van der Waals surface area contributed by atoms with Crippen LogP contribution in [0.15, 0.2) is 121 Å². The van der Waals surface area contributed by atoms with E-state index in [0.717, 1.165) is 22.3 Å². The van der Waals surface area contributed by atoms with Crippen LogP contribution < -0.4 is 14.2 Å². The van der Waals surface area contributed by atoms with Crippen molar-refractivity contribution in [3.63, 3.8) is 0 Å². The lowest BCUT2D eigenvalue weighted by molar-refractivity contribution is -0.226. The first-order chi connectivity index (χ1) is 26.0. The van der Waals surface area contributed by atoms with Crippen LogP contribution in [-0.2, 0) is 37.8 Å². The minimum Gasteiger partial charge on any atom is -0.497 e. The van der Waals surface area contributed by atoms with Crippen molar-refractivity contribution in [2.45, 2.75) is 59.1 Å². The van der Waals surface area contributed by atoms with E-state index in [1.807, 2.05) is 121 Å². The Morgan fingerprint density at radius 1 is 0.574 bits per heavy atom. The molecule has 7 rings (SSSR count). The molecule has 0 aromatic heterocycles. The summed E-state index contributed by atoms with van der Waals surface area (Å²) in [5.74, 6) is 1.55. The minimum absolute atomic E-state index is 0.122. The number of rotatable bonds is 12. The molecule has 5 aromatic carbocycles. The predicted molar refractivity (Wildman–Crippen MR) is 206 cm³/mol. The molecule has 0 bridgehead atoms. The fourth-order valence-corrected chi connectivity index (χ4v) is 6.75. The van der Waals surface area contributed by atoms with Gasteiger partial charge in [0.05, 0.1) is 33.5 Å². The predicted octanol–water partition coefficient (Wildman–Crippen LogP) is 9.28. The Balaban J connectivity index is 1.42. The largest absolute Gasteiger partial charge is 0.497 e. The first-order valence-electron chi connectivity index (χ1n) is 18.5. The molecule has 8 nitrogen and oxygen atoms in total. The van der Waals surface area contributed by atoms with E-state index in [1.165, 1.54) is 0 Å². The van der Waals surface area contributed by atoms with Crippen molar-refractivity contribution in [2.24, 2.45) is 10.8 Å². The summed E-state index contributed by atoms with van der Waals surface area (Å²) in [6.07, 6.45) is -1.27. The molecule has 2 aliphatic rings. The van der Waals surface area contributed by atoms with Crippen molar-refractivity contribution in [1.82, 2.24) is 0 Å². The molecule has 0 amide bonds. The highest BCUT2D eigenvalue weighted by Gasteiger charge is 2.42. The fraction of sp³-hybridized carbons (Fsp3) is 0.348. The van der Waals surface area contributed by atoms with E-state index < -0.39 is 18.2 Å². The topological polar surface area (TPSA) is 84.8 Å². The second kappa shape index (κ2) is 16.0. The van der Waals surface area contributed by atoms with Gasteiger partial charge < -0.3 is 38.3 Å². The Kier molecular flexibility index (Phi) is 11.1. The zero-order valence-corrected chi connectivity index (χ0v) is 31.7. The molecule has 282 valence electrons. The Labute approximate surface area is 318 Å². The van der Waals surface area contributed by atoms with Gasteiger partial charge in [-0.15, -0.1) is 0 Å². The van der Waals surface area contributed by atoms with Crippen molar-refractivity contribution in [1.29, 1.82) is 0 Å². The summed E-state index contributed by atoms with van der Waals surface area (Å²) in [6.45, 7) is 11.1. The summed E-state index contributed by atoms with van der Waals surface area (Å²) in [6, 6.07) is 38.9. The summed E-state index contributed by atoms with van der Waals surface area (Å²) in [5, 5.41) is 13.8. The molecule has 2 fully saturated rings. The molecule has 8 heteroatoms. The van der Waals surface area contributed by atoms with E-state index in [-0.39, 0.29) is 24.0 Å². The van der Waals surface area contributed by atoms with Crippen molar-refractivity contribution >= 4 is 0 Å². The van der Waals surface area contributed by atoms with Gasteiger partial charge >= 0.3 is 0 Å². The number of methoxy groups -OCH3 is 1. The van der Waals surface area contributed by atoms with Gasteiger partial charge in [0.25, 0.3) is 0 Å². The number of benzene rings is 5. The summed E-state index contributed by atoms with van der Waals surface area (Å²) >= 11 is 0. The average Bonchev–Trinajstić information content (AvgIpc) is 3.20. The average molecular weight is 731 g/mol. The molecular formula is C46H50O8. The SMILES string of the molecule is COc1cccc(C(O)(c2cc(C3OCC(C)(C)CO3)ccc2OCc2ccccc2)c2cc(C3OCC(C)(C)CO3)ccc2OCc2ccccc2)c1. The zero-order valence-electron chi connectivity index (χ0n) is 31.7. The third-order valence-corrected chi connectivity index (χ3v) is 9.79. The van der Waals surface area contributed by atoms with Crippen molar-refractivity contribution in [3.8, 4) is 17.2 Å². The summed E-state index contributed by atoms with van der Waals surface area (Å²) < 4.78 is 44.0. The third kappa shape index (κ3) is 8.49. The van der Waals surface area contributed by atoms with Gasteiger partial charge in [0.2, 0.25) is 0 Å². The van der Waals surface area contributed by atoms with Crippen LogP contribution in [0, 0.1) is 10.8 Å². The second-order valence-electron chi connectivity index (χ2n) is 15.7. The highest BCUT2D eigenvalue weighted by atomic mass is 16.7. The Morgan fingerprint density at radius 3 is 1.44 bits per heavy atom. The molecule has 0 aliphatic carbocycles. The lowest BCUT2D eigenvalue weighted by atomic mass is 9.78. The number of ether oxygens (including phenoxy) is 7. The molecule has 0 saturated carbocycles. The zero-order chi connectivity index (χ0) is 37.8. The van der Waals surface area contributed by atoms with Crippen LogP contribution in [0.2, 0.25) is 0 Å². The van der Waals surface area contributed by atoms with Crippen LogP contribution in [0.25, 0.3) is 0 Å². The van der Waals surface area contributed by atoms with Gasteiger partial charge in [-0.3, -0.25) is 0 Å². The number of aliphatic hydroxyl groups is 1. The Bertz CT molecular complexity index is 1870. The molecule has 2 aliphatic heterocycles. The summed E-state index contributed by atoms with van der Waals surface area (Å²) in [7, 11) is 1.61. The monoisotopic (exact) mass is 730 g/mol. The molecule has 0 spiro atoms. The lowest BCUT2D eigenvalue weighted by Crippen LogP contribution is -2.35. The van der Waals surface area contributed by atoms with Gasteiger partial charge in [-0.1, -0.05) is 113 Å². The molecule has 2 heterocycles. The first kappa shape index (κ1) is 37.6. The molecule has 5 aromatic rings. The molecule has 54 heavy (non-hydrogen) atoms. The maximum absolute atomic E-state index is 13.8. The fourth-order valence-electron chi connectivity index (χ4n) is 6.75. The molecule has 0 radical (unpaired) electrons. The highest BCUT2D eigenvalue weighted by molar-refractivity contribution is 5.59. The normalized spacial score (nSPS) is 17.5. The van der Waals surface area contributed by atoms with E-state index in [4.69, 9.17) is 33.2 Å². The van der Waals surface area contributed by atoms with Crippen LogP contribution in [0.4, 0.5) is 0 Å². The highest BCUT2D eigenvalue weighted by Crippen LogP contribution is 2.48. The van der Waals surface area contributed by atoms with Crippen molar-refractivity contribution in [3.05, 3.63) is 160 Å². The molecule has 0 unspecified atom stereocenters. The van der Waals surface area contributed by atoms with E-state index in [9.17, 15) is 5.11 Å². The van der Waals surface area contributed by atoms with E-state index >= 15 is 0 Å². The Hall–Kier alpha value is -4.70.